The van der Waals surface area contributed by atoms with Crippen LogP contribution >= 0.6 is 11.6 Å². The molecule has 4 rings (SSSR count). The SMILES string of the molecule is Cc1nc2ncnn2c(C)c1CCC(=O)Nc1ccc(Oc2ccccc2Cl)cc1. The van der Waals surface area contributed by atoms with Crippen molar-refractivity contribution in [2.24, 2.45) is 0 Å². The Balaban J connectivity index is 1.37. The predicted octanol–water partition coefficient (Wildman–Crippen LogP) is 4.76. The van der Waals surface area contributed by atoms with Crippen LogP contribution in [-0.4, -0.2) is 25.5 Å². The molecule has 0 unspecified atom stereocenters. The number of hydrogen-bond donors (Lipinski definition) is 1. The Morgan fingerprint density at radius 2 is 1.90 bits per heavy atom. The molecular weight excluding hydrogens is 402 g/mol. The monoisotopic (exact) mass is 421 g/mol. The molecule has 0 aliphatic rings. The van der Waals surface area contributed by atoms with Gasteiger partial charge in [0.15, 0.2) is 0 Å². The number of halogens is 1. The summed E-state index contributed by atoms with van der Waals surface area (Å²) in [5.41, 5.74) is 3.52. The third-order valence-electron chi connectivity index (χ3n) is 4.79. The molecule has 0 spiro atoms. The van der Waals surface area contributed by atoms with E-state index < -0.39 is 0 Å². The Morgan fingerprint density at radius 3 is 2.67 bits per heavy atom. The van der Waals surface area contributed by atoms with Gasteiger partial charge in [-0.1, -0.05) is 23.7 Å². The van der Waals surface area contributed by atoms with Crippen LogP contribution < -0.4 is 10.1 Å². The van der Waals surface area contributed by atoms with Crippen LogP contribution in [-0.2, 0) is 11.2 Å². The van der Waals surface area contributed by atoms with Crippen LogP contribution in [0.15, 0.2) is 54.9 Å². The summed E-state index contributed by atoms with van der Waals surface area (Å²) in [6, 6.07) is 14.4. The molecule has 4 aromatic rings. The maximum absolute atomic E-state index is 12.4. The Morgan fingerprint density at radius 1 is 1.13 bits per heavy atom. The molecule has 2 aromatic heterocycles. The van der Waals surface area contributed by atoms with Gasteiger partial charge in [-0.2, -0.15) is 10.1 Å². The Hall–Kier alpha value is -3.45. The molecule has 2 heterocycles. The first-order valence-corrected chi connectivity index (χ1v) is 9.87. The summed E-state index contributed by atoms with van der Waals surface area (Å²) in [4.78, 5) is 21.0. The van der Waals surface area contributed by atoms with Crippen molar-refractivity contribution in [3.8, 4) is 11.5 Å². The molecule has 0 aliphatic heterocycles. The molecular formula is C22H20ClN5O2. The van der Waals surface area contributed by atoms with E-state index in [0.29, 0.717) is 40.8 Å². The highest BCUT2D eigenvalue weighted by atomic mass is 35.5. The van der Waals surface area contributed by atoms with E-state index in [2.05, 4.69) is 20.4 Å². The quantitative estimate of drug-likeness (QED) is 0.485. The highest BCUT2D eigenvalue weighted by molar-refractivity contribution is 6.32. The maximum atomic E-state index is 12.4. The molecule has 0 atom stereocenters. The van der Waals surface area contributed by atoms with E-state index in [-0.39, 0.29) is 5.91 Å². The van der Waals surface area contributed by atoms with Crippen molar-refractivity contribution in [1.29, 1.82) is 0 Å². The van der Waals surface area contributed by atoms with E-state index in [1.54, 1.807) is 40.9 Å². The lowest BCUT2D eigenvalue weighted by molar-refractivity contribution is -0.116. The van der Waals surface area contributed by atoms with Gasteiger partial charge in [-0.3, -0.25) is 4.79 Å². The average molecular weight is 422 g/mol. The molecule has 8 heteroatoms. The highest BCUT2D eigenvalue weighted by Gasteiger charge is 2.13. The van der Waals surface area contributed by atoms with Crippen molar-refractivity contribution in [3.05, 3.63) is 76.8 Å². The standard InChI is InChI=1S/C22H20ClN5O2/c1-14-18(15(2)28-22(26-14)24-13-25-28)11-12-21(29)27-16-7-9-17(10-8-16)30-20-6-4-3-5-19(20)23/h3-10,13H,11-12H2,1-2H3,(H,27,29). The molecule has 2 aromatic carbocycles. The lowest BCUT2D eigenvalue weighted by atomic mass is 10.1. The van der Waals surface area contributed by atoms with Crippen molar-refractivity contribution < 1.29 is 9.53 Å². The van der Waals surface area contributed by atoms with Crippen molar-refractivity contribution in [3.63, 3.8) is 0 Å². The van der Waals surface area contributed by atoms with E-state index in [1.807, 2.05) is 26.0 Å². The summed E-state index contributed by atoms with van der Waals surface area (Å²) in [5.74, 6) is 1.71. The number of fused-ring (bicyclic) bond motifs is 1. The Labute approximate surface area is 178 Å². The number of para-hydroxylation sites is 1. The summed E-state index contributed by atoms with van der Waals surface area (Å²) >= 11 is 6.11. The van der Waals surface area contributed by atoms with Crippen LogP contribution in [0.3, 0.4) is 0 Å². The minimum atomic E-state index is -0.0766. The van der Waals surface area contributed by atoms with E-state index in [1.165, 1.54) is 6.33 Å². The van der Waals surface area contributed by atoms with Gasteiger partial charge in [0.05, 0.1) is 5.02 Å². The van der Waals surface area contributed by atoms with Gasteiger partial charge in [-0.15, -0.1) is 0 Å². The number of hydrogen-bond acceptors (Lipinski definition) is 5. The number of benzene rings is 2. The van der Waals surface area contributed by atoms with E-state index >= 15 is 0 Å². The van der Waals surface area contributed by atoms with Gasteiger partial charge in [0, 0.05) is 23.5 Å². The second kappa shape index (κ2) is 8.51. The zero-order chi connectivity index (χ0) is 21.1. The number of amides is 1. The summed E-state index contributed by atoms with van der Waals surface area (Å²) in [6.45, 7) is 3.88. The van der Waals surface area contributed by atoms with E-state index in [9.17, 15) is 4.79 Å². The number of nitrogens with zero attached hydrogens (tertiary/aromatic N) is 4. The number of nitrogens with one attached hydrogen (secondary N) is 1. The van der Waals surface area contributed by atoms with Gasteiger partial charge in [0.2, 0.25) is 5.91 Å². The van der Waals surface area contributed by atoms with Gasteiger partial charge < -0.3 is 10.1 Å². The second-order valence-corrected chi connectivity index (χ2v) is 7.25. The summed E-state index contributed by atoms with van der Waals surface area (Å²) in [5, 5.41) is 7.63. The zero-order valence-electron chi connectivity index (χ0n) is 16.6. The number of carbonyl (C=O) groups excluding carboxylic acids is 1. The molecule has 1 N–H and O–H groups in total. The number of aryl methyl sites for hydroxylation is 2. The second-order valence-electron chi connectivity index (χ2n) is 6.84. The van der Waals surface area contributed by atoms with Gasteiger partial charge in [-0.25, -0.2) is 9.50 Å². The maximum Gasteiger partial charge on any atom is 0.252 e. The fourth-order valence-corrected chi connectivity index (χ4v) is 3.41. The number of ether oxygens (including phenoxy) is 1. The normalized spacial score (nSPS) is 10.9. The molecule has 0 radical (unpaired) electrons. The van der Waals surface area contributed by atoms with Gasteiger partial charge in [-0.05, 0) is 62.2 Å². The molecule has 152 valence electrons. The van der Waals surface area contributed by atoms with Gasteiger partial charge in [0.25, 0.3) is 5.78 Å². The minimum absolute atomic E-state index is 0.0766. The molecule has 0 saturated heterocycles. The molecule has 0 fully saturated rings. The number of aromatic nitrogens is 4. The van der Waals surface area contributed by atoms with Crippen LogP contribution in [0.5, 0.6) is 11.5 Å². The number of rotatable bonds is 6. The summed E-state index contributed by atoms with van der Waals surface area (Å²) < 4.78 is 7.46. The minimum Gasteiger partial charge on any atom is -0.456 e. The first-order chi connectivity index (χ1) is 14.5. The van der Waals surface area contributed by atoms with Crippen molar-refractivity contribution in [2.75, 3.05) is 5.32 Å². The third kappa shape index (κ3) is 4.26. The van der Waals surface area contributed by atoms with Crippen LogP contribution in [0, 0.1) is 13.8 Å². The van der Waals surface area contributed by atoms with Crippen molar-refractivity contribution in [2.45, 2.75) is 26.7 Å². The highest BCUT2D eigenvalue weighted by Crippen LogP contribution is 2.29. The predicted molar refractivity (Wildman–Crippen MR) is 115 cm³/mol. The van der Waals surface area contributed by atoms with E-state index in [0.717, 1.165) is 17.0 Å². The molecule has 0 aliphatic carbocycles. The third-order valence-corrected chi connectivity index (χ3v) is 5.11. The first-order valence-electron chi connectivity index (χ1n) is 9.49. The fraction of sp³-hybridized carbons (Fsp3) is 0.182. The summed E-state index contributed by atoms with van der Waals surface area (Å²) in [7, 11) is 0. The molecule has 0 bridgehead atoms. The molecule has 30 heavy (non-hydrogen) atoms. The topological polar surface area (TPSA) is 81.4 Å². The largest absolute Gasteiger partial charge is 0.456 e. The number of anilines is 1. The van der Waals surface area contributed by atoms with Crippen molar-refractivity contribution >= 4 is 29.0 Å². The van der Waals surface area contributed by atoms with Crippen molar-refractivity contribution in [1.82, 2.24) is 19.6 Å². The first kappa shape index (κ1) is 19.8. The molecule has 7 nitrogen and oxygen atoms in total. The van der Waals surface area contributed by atoms with Crippen LogP contribution in [0.1, 0.15) is 23.4 Å². The smallest absolute Gasteiger partial charge is 0.252 e. The van der Waals surface area contributed by atoms with Gasteiger partial charge >= 0.3 is 0 Å². The zero-order valence-corrected chi connectivity index (χ0v) is 17.3. The molecule has 1 amide bonds. The van der Waals surface area contributed by atoms with Crippen LogP contribution in [0.2, 0.25) is 5.02 Å². The molecule has 0 saturated carbocycles. The van der Waals surface area contributed by atoms with Crippen LogP contribution in [0.4, 0.5) is 5.69 Å². The lowest BCUT2D eigenvalue weighted by Crippen LogP contribution is -2.14. The fourth-order valence-electron chi connectivity index (χ4n) is 3.24. The van der Waals surface area contributed by atoms with E-state index in [4.69, 9.17) is 16.3 Å². The van der Waals surface area contributed by atoms with Crippen LogP contribution in [0.25, 0.3) is 5.78 Å². The average Bonchev–Trinajstić information content (AvgIpc) is 3.19. The summed E-state index contributed by atoms with van der Waals surface area (Å²) in [6.07, 6.45) is 2.38. The Kier molecular flexibility index (Phi) is 5.63. The number of carbonyl (C=O) groups is 1. The lowest BCUT2D eigenvalue weighted by Gasteiger charge is -2.11. The van der Waals surface area contributed by atoms with Gasteiger partial charge in [0.1, 0.15) is 17.8 Å². The Bertz CT molecular complexity index is 1200.